The molecule has 5 heteroatoms. The standard InChI is InChI=1S/C15H24N2O3/c1-3-7-14(18)17-13(11-20-2)15(19)16-10-12-8-5-4-6-9-12/h5,8-9,13H,3-4,6-7,10-11H2,1-2H3,(H,16,19)(H,17,18). The summed E-state index contributed by atoms with van der Waals surface area (Å²) in [6.45, 7) is 2.59. The molecule has 0 radical (unpaired) electrons. The van der Waals surface area contributed by atoms with Crippen LogP contribution in [-0.2, 0) is 14.3 Å². The molecule has 0 saturated heterocycles. The van der Waals surface area contributed by atoms with Crippen LogP contribution in [0.15, 0.2) is 23.8 Å². The van der Waals surface area contributed by atoms with E-state index in [1.807, 2.05) is 13.0 Å². The van der Waals surface area contributed by atoms with Crippen molar-refractivity contribution < 1.29 is 14.3 Å². The third kappa shape index (κ3) is 6.02. The van der Waals surface area contributed by atoms with Gasteiger partial charge in [0, 0.05) is 20.1 Å². The number of methoxy groups -OCH3 is 1. The first kappa shape index (κ1) is 16.4. The van der Waals surface area contributed by atoms with Gasteiger partial charge in [0.25, 0.3) is 0 Å². The molecule has 0 fully saturated rings. The van der Waals surface area contributed by atoms with Crippen LogP contribution >= 0.6 is 0 Å². The zero-order chi connectivity index (χ0) is 14.8. The molecule has 2 amide bonds. The van der Waals surface area contributed by atoms with E-state index < -0.39 is 6.04 Å². The van der Waals surface area contributed by atoms with Crippen LogP contribution in [0.25, 0.3) is 0 Å². The minimum absolute atomic E-state index is 0.124. The van der Waals surface area contributed by atoms with Crippen LogP contribution in [0.1, 0.15) is 32.6 Å². The summed E-state index contributed by atoms with van der Waals surface area (Å²) in [5.41, 5.74) is 1.10. The summed E-state index contributed by atoms with van der Waals surface area (Å²) in [5, 5.41) is 5.52. The summed E-state index contributed by atoms with van der Waals surface area (Å²) in [5.74, 6) is -0.336. The van der Waals surface area contributed by atoms with E-state index in [-0.39, 0.29) is 18.4 Å². The molecule has 1 aliphatic carbocycles. The average Bonchev–Trinajstić information content (AvgIpc) is 2.45. The maximum absolute atomic E-state index is 12.1. The monoisotopic (exact) mass is 280 g/mol. The van der Waals surface area contributed by atoms with Crippen LogP contribution in [0.5, 0.6) is 0 Å². The molecule has 0 saturated carbocycles. The molecule has 0 spiro atoms. The van der Waals surface area contributed by atoms with E-state index in [1.54, 1.807) is 0 Å². The quantitative estimate of drug-likeness (QED) is 0.704. The van der Waals surface area contributed by atoms with Crippen molar-refractivity contribution in [1.29, 1.82) is 0 Å². The highest BCUT2D eigenvalue weighted by atomic mass is 16.5. The topological polar surface area (TPSA) is 67.4 Å². The number of hydrogen-bond donors (Lipinski definition) is 2. The number of ether oxygens (including phenoxy) is 1. The summed E-state index contributed by atoms with van der Waals surface area (Å²) in [6, 6.07) is -0.632. The van der Waals surface area contributed by atoms with Crippen molar-refractivity contribution >= 4 is 11.8 Å². The van der Waals surface area contributed by atoms with Crippen molar-refractivity contribution in [2.45, 2.75) is 38.6 Å². The lowest BCUT2D eigenvalue weighted by atomic mass is 10.1. The smallest absolute Gasteiger partial charge is 0.245 e. The zero-order valence-corrected chi connectivity index (χ0v) is 12.3. The van der Waals surface area contributed by atoms with Gasteiger partial charge >= 0.3 is 0 Å². The Kier molecular flexibility index (Phi) is 7.65. The van der Waals surface area contributed by atoms with Crippen molar-refractivity contribution in [3.05, 3.63) is 23.8 Å². The summed E-state index contributed by atoms with van der Waals surface area (Å²) >= 11 is 0. The van der Waals surface area contributed by atoms with Gasteiger partial charge < -0.3 is 15.4 Å². The highest BCUT2D eigenvalue weighted by molar-refractivity contribution is 5.87. The molecule has 1 unspecified atom stereocenters. The molecule has 1 atom stereocenters. The Labute approximate surface area is 120 Å². The second-order valence-electron chi connectivity index (χ2n) is 4.80. The van der Waals surface area contributed by atoms with Crippen molar-refractivity contribution in [2.24, 2.45) is 0 Å². The Balaban J connectivity index is 2.44. The van der Waals surface area contributed by atoms with Crippen LogP contribution in [0, 0.1) is 0 Å². The van der Waals surface area contributed by atoms with Crippen LogP contribution in [0.3, 0.4) is 0 Å². The first-order valence-corrected chi connectivity index (χ1v) is 7.09. The predicted octanol–water partition coefficient (Wildman–Crippen LogP) is 1.31. The van der Waals surface area contributed by atoms with E-state index in [2.05, 4.69) is 22.8 Å². The number of amides is 2. The number of nitrogens with one attached hydrogen (secondary N) is 2. The first-order valence-electron chi connectivity index (χ1n) is 7.09. The molecule has 5 nitrogen and oxygen atoms in total. The molecule has 0 bridgehead atoms. The van der Waals surface area contributed by atoms with Crippen LogP contribution in [-0.4, -0.2) is 38.1 Å². The Morgan fingerprint density at radius 2 is 2.20 bits per heavy atom. The first-order chi connectivity index (χ1) is 9.67. The fourth-order valence-electron chi connectivity index (χ4n) is 1.95. The number of rotatable bonds is 8. The molecule has 0 aromatic rings. The predicted molar refractivity (Wildman–Crippen MR) is 78.2 cm³/mol. The maximum Gasteiger partial charge on any atom is 0.245 e. The second-order valence-corrected chi connectivity index (χ2v) is 4.80. The highest BCUT2D eigenvalue weighted by Crippen LogP contribution is 2.08. The maximum atomic E-state index is 12.1. The Morgan fingerprint density at radius 3 is 2.80 bits per heavy atom. The second kappa shape index (κ2) is 9.31. The van der Waals surface area contributed by atoms with Gasteiger partial charge in [-0.25, -0.2) is 0 Å². The van der Waals surface area contributed by atoms with Gasteiger partial charge in [-0.3, -0.25) is 9.59 Å². The largest absolute Gasteiger partial charge is 0.382 e. The molecule has 1 rings (SSSR count). The highest BCUT2D eigenvalue weighted by Gasteiger charge is 2.20. The van der Waals surface area contributed by atoms with E-state index in [0.29, 0.717) is 13.0 Å². The molecule has 0 aromatic carbocycles. The van der Waals surface area contributed by atoms with E-state index in [1.165, 1.54) is 7.11 Å². The Hall–Kier alpha value is -1.62. The molecule has 0 heterocycles. The lowest BCUT2D eigenvalue weighted by Gasteiger charge is -2.18. The fraction of sp³-hybridized carbons (Fsp3) is 0.600. The Bertz CT molecular complexity index is 389. The van der Waals surface area contributed by atoms with Crippen LogP contribution < -0.4 is 10.6 Å². The minimum Gasteiger partial charge on any atom is -0.382 e. The number of hydrogen-bond acceptors (Lipinski definition) is 3. The summed E-state index contributed by atoms with van der Waals surface area (Å²) < 4.78 is 4.99. The summed E-state index contributed by atoms with van der Waals surface area (Å²) in [7, 11) is 1.51. The van der Waals surface area contributed by atoms with Crippen molar-refractivity contribution in [3.8, 4) is 0 Å². The molecule has 112 valence electrons. The lowest BCUT2D eigenvalue weighted by Crippen LogP contribution is -2.49. The molecule has 20 heavy (non-hydrogen) atoms. The van der Waals surface area contributed by atoms with Crippen LogP contribution in [0.4, 0.5) is 0 Å². The fourth-order valence-corrected chi connectivity index (χ4v) is 1.95. The van der Waals surface area contributed by atoms with E-state index in [9.17, 15) is 9.59 Å². The molecule has 1 aliphatic rings. The zero-order valence-electron chi connectivity index (χ0n) is 12.3. The van der Waals surface area contributed by atoms with Crippen LogP contribution in [0.2, 0.25) is 0 Å². The minimum atomic E-state index is -0.632. The van der Waals surface area contributed by atoms with Gasteiger partial charge in [-0.2, -0.15) is 0 Å². The SMILES string of the molecule is CCCC(=O)NC(COC)C(=O)NCC1=CCCC=C1. The van der Waals surface area contributed by atoms with Gasteiger partial charge in [0.2, 0.25) is 11.8 Å². The van der Waals surface area contributed by atoms with E-state index >= 15 is 0 Å². The van der Waals surface area contributed by atoms with Crippen molar-refractivity contribution in [1.82, 2.24) is 10.6 Å². The van der Waals surface area contributed by atoms with Gasteiger partial charge in [-0.15, -0.1) is 0 Å². The van der Waals surface area contributed by atoms with Gasteiger partial charge in [-0.05, 0) is 24.8 Å². The van der Waals surface area contributed by atoms with Gasteiger partial charge in [0.1, 0.15) is 6.04 Å². The molecule has 0 aliphatic heterocycles. The number of allylic oxidation sites excluding steroid dienone is 2. The van der Waals surface area contributed by atoms with Crippen molar-refractivity contribution in [2.75, 3.05) is 20.3 Å². The average molecular weight is 280 g/mol. The number of carbonyl (C=O) groups excluding carboxylic acids is 2. The van der Waals surface area contributed by atoms with Gasteiger partial charge in [-0.1, -0.05) is 25.2 Å². The lowest BCUT2D eigenvalue weighted by molar-refractivity contribution is -0.130. The van der Waals surface area contributed by atoms with Gasteiger partial charge in [0.05, 0.1) is 6.61 Å². The third-order valence-corrected chi connectivity index (χ3v) is 3.00. The Morgan fingerprint density at radius 1 is 1.40 bits per heavy atom. The molecule has 0 aromatic heterocycles. The number of carbonyl (C=O) groups is 2. The molecular formula is C15H24N2O3. The summed E-state index contributed by atoms with van der Waals surface area (Å²) in [4.78, 5) is 23.6. The summed E-state index contributed by atoms with van der Waals surface area (Å²) in [6.07, 6.45) is 9.46. The van der Waals surface area contributed by atoms with E-state index in [0.717, 1.165) is 24.8 Å². The van der Waals surface area contributed by atoms with Gasteiger partial charge in [0.15, 0.2) is 0 Å². The molecular weight excluding hydrogens is 256 g/mol. The van der Waals surface area contributed by atoms with E-state index in [4.69, 9.17) is 4.74 Å². The normalized spacial score (nSPS) is 15.4. The third-order valence-electron chi connectivity index (χ3n) is 3.00. The van der Waals surface area contributed by atoms with Crippen molar-refractivity contribution in [3.63, 3.8) is 0 Å². The molecule has 2 N–H and O–H groups in total.